The minimum Gasteiger partial charge on any atom is -0.367 e. The van der Waals surface area contributed by atoms with Crippen LogP contribution in [0, 0.1) is 0 Å². The number of nitrogens with zero attached hydrogens (tertiary/aromatic N) is 2. The summed E-state index contributed by atoms with van der Waals surface area (Å²) in [4.78, 5) is 6.41. The number of aromatic amines is 1. The second-order valence-electron chi connectivity index (χ2n) is 5.81. The number of imidazole rings is 1. The molecule has 1 aliphatic heterocycles. The zero-order valence-electron chi connectivity index (χ0n) is 11.1. The first-order valence-corrected chi connectivity index (χ1v) is 7.25. The van der Waals surface area contributed by atoms with E-state index in [2.05, 4.69) is 9.97 Å². The van der Waals surface area contributed by atoms with Crippen LogP contribution in [0.3, 0.4) is 0 Å². The van der Waals surface area contributed by atoms with Crippen LogP contribution in [0.1, 0.15) is 27.7 Å². The maximum Gasteiger partial charge on any atom is 0.260 e. The van der Waals surface area contributed by atoms with Gasteiger partial charge < -0.3 is 9.72 Å². The lowest BCUT2D eigenvalue weighted by Gasteiger charge is -2.46. The molecule has 6 nitrogen and oxygen atoms in total. The second-order valence-corrected chi connectivity index (χ2v) is 7.72. The molecule has 0 radical (unpaired) electrons. The Bertz CT molecular complexity index is 504. The van der Waals surface area contributed by atoms with Gasteiger partial charge in [-0.2, -0.15) is 4.31 Å². The molecular weight excluding hydrogens is 254 g/mol. The summed E-state index contributed by atoms with van der Waals surface area (Å²) >= 11 is 0. The second kappa shape index (κ2) is 4.04. The first-order valence-electron chi connectivity index (χ1n) is 5.81. The summed E-state index contributed by atoms with van der Waals surface area (Å²) < 4.78 is 32.2. The van der Waals surface area contributed by atoms with E-state index >= 15 is 0 Å². The molecule has 7 heteroatoms. The number of rotatable bonds is 2. The Morgan fingerprint density at radius 2 is 1.83 bits per heavy atom. The maximum atomic E-state index is 12.4. The molecule has 0 amide bonds. The molecule has 1 N–H and O–H groups in total. The molecule has 1 aromatic rings. The molecule has 1 aromatic heterocycles. The molecule has 1 saturated heterocycles. The molecule has 1 fully saturated rings. The average molecular weight is 273 g/mol. The van der Waals surface area contributed by atoms with Gasteiger partial charge in [0.25, 0.3) is 10.0 Å². The van der Waals surface area contributed by atoms with Crippen molar-refractivity contribution in [2.75, 3.05) is 13.1 Å². The van der Waals surface area contributed by atoms with Crippen LogP contribution in [-0.4, -0.2) is 47.0 Å². The molecule has 0 atom stereocenters. The van der Waals surface area contributed by atoms with Gasteiger partial charge in [-0.25, -0.2) is 13.4 Å². The van der Waals surface area contributed by atoms with Crippen LogP contribution in [0.15, 0.2) is 17.6 Å². The highest BCUT2D eigenvalue weighted by atomic mass is 32.2. The summed E-state index contributed by atoms with van der Waals surface area (Å²) in [5.41, 5.74) is -1.01. The molecular formula is C11H19N3O3S. The first-order chi connectivity index (χ1) is 8.12. The number of morpholine rings is 1. The molecule has 18 heavy (non-hydrogen) atoms. The number of hydrogen-bond acceptors (Lipinski definition) is 4. The molecule has 0 aromatic carbocycles. The third-order valence-electron chi connectivity index (χ3n) is 2.76. The van der Waals surface area contributed by atoms with Crippen molar-refractivity contribution in [1.82, 2.24) is 14.3 Å². The summed E-state index contributed by atoms with van der Waals surface area (Å²) in [6.07, 6.45) is 2.69. The molecule has 0 aliphatic carbocycles. The standard InChI is InChI=1S/C11H19N3O3S/c1-10(2)6-14(7-11(3,4)17-10)18(15,16)9-5-12-8-13-9/h5,8H,6-7H2,1-4H3,(H,12,13). The van der Waals surface area contributed by atoms with Crippen LogP contribution >= 0.6 is 0 Å². The summed E-state index contributed by atoms with van der Waals surface area (Å²) in [7, 11) is -3.53. The van der Waals surface area contributed by atoms with Gasteiger partial charge in [0.2, 0.25) is 0 Å². The fourth-order valence-electron chi connectivity index (χ4n) is 2.41. The summed E-state index contributed by atoms with van der Waals surface area (Å²) in [6, 6.07) is 0. The van der Waals surface area contributed by atoms with E-state index in [4.69, 9.17) is 4.74 Å². The van der Waals surface area contributed by atoms with Gasteiger partial charge >= 0.3 is 0 Å². The van der Waals surface area contributed by atoms with Gasteiger partial charge in [0, 0.05) is 13.1 Å². The Morgan fingerprint density at radius 3 is 2.28 bits per heavy atom. The molecule has 2 rings (SSSR count). The van der Waals surface area contributed by atoms with Crippen molar-refractivity contribution in [2.45, 2.75) is 43.9 Å². The van der Waals surface area contributed by atoms with E-state index in [0.717, 1.165) is 0 Å². The van der Waals surface area contributed by atoms with Crippen molar-refractivity contribution in [3.05, 3.63) is 12.5 Å². The van der Waals surface area contributed by atoms with Gasteiger partial charge in [0.1, 0.15) is 0 Å². The fraction of sp³-hybridized carbons (Fsp3) is 0.727. The Hall–Kier alpha value is -0.920. The lowest BCUT2D eigenvalue weighted by Crippen LogP contribution is -2.58. The highest BCUT2D eigenvalue weighted by Crippen LogP contribution is 2.31. The van der Waals surface area contributed by atoms with E-state index in [9.17, 15) is 8.42 Å². The van der Waals surface area contributed by atoms with Crippen molar-refractivity contribution < 1.29 is 13.2 Å². The zero-order chi connectivity index (χ0) is 13.6. The van der Waals surface area contributed by atoms with E-state index in [-0.39, 0.29) is 5.03 Å². The predicted molar refractivity (Wildman–Crippen MR) is 66.6 cm³/mol. The first kappa shape index (κ1) is 13.5. The van der Waals surface area contributed by atoms with Crippen molar-refractivity contribution in [3.8, 4) is 0 Å². The number of H-pyrrole nitrogens is 1. The highest BCUT2D eigenvalue weighted by molar-refractivity contribution is 7.89. The van der Waals surface area contributed by atoms with E-state index in [0.29, 0.717) is 13.1 Å². The summed E-state index contributed by atoms with van der Waals surface area (Å²) in [5.74, 6) is 0. The highest BCUT2D eigenvalue weighted by Gasteiger charge is 2.43. The smallest absolute Gasteiger partial charge is 0.260 e. The molecule has 102 valence electrons. The topological polar surface area (TPSA) is 75.3 Å². The zero-order valence-corrected chi connectivity index (χ0v) is 11.9. The Labute approximate surface area is 107 Å². The molecule has 2 heterocycles. The van der Waals surface area contributed by atoms with Gasteiger partial charge in [-0.05, 0) is 27.7 Å². The van der Waals surface area contributed by atoms with Crippen LogP contribution in [0.4, 0.5) is 0 Å². The number of aromatic nitrogens is 2. The monoisotopic (exact) mass is 273 g/mol. The van der Waals surface area contributed by atoms with Crippen LogP contribution in [0.5, 0.6) is 0 Å². The fourth-order valence-corrected chi connectivity index (χ4v) is 4.05. The lowest BCUT2D eigenvalue weighted by molar-refractivity contribution is -0.163. The van der Waals surface area contributed by atoms with Crippen LogP contribution in [-0.2, 0) is 14.8 Å². The van der Waals surface area contributed by atoms with Crippen LogP contribution in [0.2, 0.25) is 0 Å². The summed E-state index contributed by atoms with van der Waals surface area (Å²) in [6.45, 7) is 8.23. The SMILES string of the molecule is CC1(C)CN(S(=O)(=O)c2cnc[nH]2)CC(C)(C)O1. The number of sulfonamides is 1. The Balaban J connectivity index is 2.34. The van der Waals surface area contributed by atoms with E-state index in [1.807, 2.05) is 27.7 Å². The lowest BCUT2D eigenvalue weighted by atomic mass is 10.0. The minimum atomic E-state index is -3.53. The number of ether oxygens (including phenoxy) is 1. The van der Waals surface area contributed by atoms with Gasteiger partial charge in [-0.1, -0.05) is 0 Å². The third kappa shape index (κ3) is 2.57. The minimum absolute atomic E-state index is 0.121. The molecule has 1 aliphatic rings. The quantitative estimate of drug-likeness (QED) is 0.872. The van der Waals surface area contributed by atoms with Gasteiger partial charge in [0.15, 0.2) is 5.03 Å². The van der Waals surface area contributed by atoms with Crippen molar-refractivity contribution in [2.24, 2.45) is 0 Å². The summed E-state index contributed by atoms with van der Waals surface area (Å²) in [5, 5.41) is 0.121. The van der Waals surface area contributed by atoms with Crippen LogP contribution in [0.25, 0.3) is 0 Å². The largest absolute Gasteiger partial charge is 0.367 e. The average Bonchev–Trinajstić information content (AvgIpc) is 2.65. The van der Waals surface area contributed by atoms with E-state index in [1.165, 1.54) is 16.8 Å². The normalized spacial score (nSPS) is 24.0. The molecule has 0 spiro atoms. The Morgan fingerprint density at radius 1 is 1.28 bits per heavy atom. The van der Waals surface area contributed by atoms with E-state index in [1.54, 1.807) is 0 Å². The van der Waals surface area contributed by atoms with E-state index < -0.39 is 21.2 Å². The van der Waals surface area contributed by atoms with Crippen molar-refractivity contribution >= 4 is 10.0 Å². The third-order valence-corrected chi connectivity index (χ3v) is 4.47. The molecule has 0 bridgehead atoms. The predicted octanol–water partition coefficient (Wildman–Crippen LogP) is 0.988. The number of hydrogen-bond donors (Lipinski definition) is 1. The van der Waals surface area contributed by atoms with Crippen molar-refractivity contribution in [3.63, 3.8) is 0 Å². The molecule has 0 unspecified atom stereocenters. The molecule has 0 saturated carbocycles. The van der Waals surface area contributed by atoms with Gasteiger partial charge in [0.05, 0.1) is 23.7 Å². The van der Waals surface area contributed by atoms with Crippen molar-refractivity contribution in [1.29, 1.82) is 0 Å². The van der Waals surface area contributed by atoms with Gasteiger partial charge in [-0.15, -0.1) is 0 Å². The number of nitrogens with one attached hydrogen (secondary N) is 1. The maximum absolute atomic E-state index is 12.4. The Kier molecular flexibility index (Phi) is 3.03. The van der Waals surface area contributed by atoms with Crippen LogP contribution < -0.4 is 0 Å². The van der Waals surface area contributed by atoms with Gasteiger partial charge in [-0.3, -0.25) is 0 Å².